The lowest BCUT2D eigenvalue weighted by Crippen LogP contribution is -2.39. The maximum Gasteiger partial charge on any atom is 0.124 e. The Bertz CT molecular complexity index is 476. The summed E-state index contributed by atoms with van der Waals surface area (Å²) in [7, 11) is 1.70. The number of rotatable bonds is 5. The topological polar surface area (TPSA) is 50.8 Å². The van der Waals surface area contributed by atoms with E-state index in [9.17, 15) is 0 Å². The molecule has 1 heterocycles. The molecule has 0 amide bonds. The SMILES string of the molecule is C=C(OC)C1CCN(/C(CCc2ccccc2)=N/N)CC1. The first kappa shape index (κ1) is 15.4. The van der Waals surface area contributed by atoms with Crippen molar-refractivity contribution < 1.29 is 4.74 Å². The number of ether oxygens (including phenoxy) is 1. The molecule has 0 aliphatic carbocycles. The second-order valence-corrected chi connectivity index (χ2v) is 5.46. The second-order valence-electron chi connectivity index (χ2n) is 5.46. The van der Waals surface area contributed by atoms with Crippen LogP contribution in [-0.2, 0) is 11.2 Å². The molecule has 4 heteroatoms. The number of hydrogen-bond acceptors (Lipinski definition) is 3. The molecule has 0 spiro atoms. The zero-order chi connectivity index (χ0) is 15.1. The highest BCUT2D eigenvalue weighted by Gasteiger charge is 2.23. The van der Waals surface area contributed by atoms with Crippen LogP contribution in [-0.4, -0.2) is 30.9 Å². The van der Waals surface area contributed by atoms with E-state index in [2.05, 4.69) is 40.8 Å². The first-order valence-corrected chi connectivity index (χ1v) is 7.53. The highest BCUT2D eigenvalue weighted by atomic mass is 16.5. The fraction of sp³-hybridized carbons (Fsp3) is 0.471. The average molecular weight is 287 g/mol. The zero-order valence-electron chi connectivity index (χ0n) is 12.8. The number of piperidine rings is 1. The Kier molecular flexibility index (Phi) is 5.67. The Morgan fingerprint density at radius 2 is 2.00 bits per heavy atom. The molecule has 1 saturated heterocycles. The molecule has 1 fully saturated rings. The summed E-state index contributed by atoms with van der Waals surface area (Å²) in [6.45, 7) is 5.91. The minimum Gasteiger partial charge on any atom is -0.501 e. The standard InChI is InChI=1S/C17H25N3O/c1-14(21-2)16-10-12-20(13-11-16)17(19-18)9-8-15-6-4-3-5-7-15/h3-7,16H,1,8-13,18H2,2H3/b19-17+. The third-order valence-corrected chi connectivity index (χ3v) is 4.21. The van der Waals surface area contributed by atoms with Crippen LogP contribution in [0.3, 0.4) is 0 Å². The number of allylic oxidation sites excluding steroid dienone is 1. The molecule has 4 nitrogen and oxygen atoms in total. The lowest BCUT2D eigenvalue weighted by molar-refractivity contribution is 0.192. The largest absolute Gasteiger partial charge is 0.501 e. The van der Waals surface area contributed by atoms with E-state index in [1.54, 1.807) is 7.11 Å². The monoisotopic (exact) mass is 287 g/mol. The minimum absolute atomic E-state index is 0.458. The number of nitrogens with zero attached hydrogens (tertiary/aromatic N) is 2. The van der Waals surface area contributed by atoms with Crippen LogP contribution in [0.15, 0.2) is 47.8 Å². The van der Waals surface area contributed by atoms with Gasteiger partial charge in [0.25, 0.3) is 0 Å². The fourth-order valence-electron chi connectivity index (χ4n) is 2.83. The van der Waals surface area contributed by atoms with Crippen molar-refractivity contribution in [1.29, 1.82) is 0 Å². The number of hydrogen-bond donors (Lipinski definition) is 1. The Hall–Kier alpha value is -1.97. The van der Waals surface area contributed by atoms with Crippen molar-refractivity contribution >= 4 is 5.84 Å². The molecule has 1 aliphatic heterocycles. The summed E-state index contributed by atoms with van der Waals surface area (Å²) in [5, 5.41) is 4.01. The van der Waals surface area contributed by atoms with E-state index in [1.165, 1.54) is 5.56 Å². The Morgan fingerprint density at radius 3 is 2.57 bits per heavy atom. The number of amidine groups is 1. The molecule has 0 atom stereocenters. The van der Waals surface area contributed by atoms with Crippen LogP contribution < -0.4 is 5.84 Å². The molecule has 2 N–H and O–H groups in total. The van der Waals surface area contributed by atoms with Crippen LogP contribution in [0.25, 0.3) is 0 Å². The fourth-order valence-corrected chi connectivity index (χ4v) is 2.83. The van der Waals surface area contributed by atoms with Crippen molar-refractivity contribution in [2.45, 2.75) is 25.7 Å². The van der Waals surface area contributed by atoms with Gasteiger partial charge in [-0.05, 0) is 24.8 Å². The maximum absolute atomic E-state index is 5.59. The third kappa shape index (κ3) is 4.25. The van der Waals surface area contributed by atoms with Crippen LogP contribution in [0.2, 0.25) is 0 Å². The van der Waals surface area contributed by atoms with Gasteiger partial charge in [-0.1, -0.05) is 36.9 Å². The number of likely N-dealkylation sites (tertiary alicyclic amines) is 1. The van der Waals surface area contributed by atoms with E-state index in [0.717, 1.165) is 50.4 Å². The summed E-state index contributed by atoms with van der Waals surface area (Å²) >= 11 is 0. The Labute approximate surface area is 127 Å². The molecule has 0 bridgehead atoms. The van der Waals surface area contributed by atoms with Crippen molar-refractivity contribution in [3.05, 3.63) is 48.2 Å². The van der Waals surface area contributed by atoms with Gasteiger partial charge in [-0.2, -0.15) is 5.10 Å². The van der Waals surface area contributed by atoms with E-state index in [-0.39, 0.29) is 0 Å². The molecule has 114 valence electrons. The summed E-state index contributed by atoms with van der Waals surface area (Å²) in [5.74, 6) is 7.94. The molecule has 0 saturated carbocycles. The van der Waals surface area contributed by atoms with Gasteiger partial charge in [0.05, 0.1) is 12.9 Å². The van der Waals surface area contributed by atoms with Crippen LogP contribution in [0, 0.1) is 5.92 Å². The molecule has 2 rings (SSSR count). The van der Waals surface area contributed by atoms with Crippen molar-refractivity contribution in [1.82, 2.24) is 4.90 Å². The van der Waals surface area contributed by atoms with Crippen LogP contribution in [0.5, 0.6) is 0 Å². The van der Waals surface area contributed by atoms with Gasteiger partial charge >= 0.3 is 0 Å². The first-order valence-electron chi connectivity index (χ1n) is 7.53. The van der Waals surface area contributed by atoms with Crippen molar-refractivity contribution in [2.24, 2.45) is 16.9 Å². The lowest BCUT2D eigenvalue weighted by atomic mass is 9.95. The second kappa shape index (κ2) is 7.72. The highest BCUT2D eigenvalue weighted by molar-refractivity contribution is 5.82. The molecule has 0 unspecified atom stereocenters. The normalized spacial score (nSPS) is 16.8. The predicted octanol–water partition coefficient (Wildman–Crippen LogP) is 2.76. The van der Waals surface area contributed by atoms with Crippen molar-refractivity contribution in [3.63, 3.8) is 0 Å². The summed E-state index contributed by atoms with van der Waals surface area (Å²) < 4.78 is 5.25. The summed E-state index contributed by atoms with van der Waals surface area (Å²) in [6.07, 6.45) is 3.96. The van der Waals surface area contributed by atoms with Gasteiger partial charge in [-0.3, -0.25) is 0 Å². The minimum atomic E-state index is 0.458. The molecule has 0 aromatic heterocycles. The van der Waals surface area contributed by atoms with Gasteiger partial charge in [0.15, 0.2) is 0 Å². The van der Waals surface area contributed by atoms with Crippen LogP contribution in [0.1, 0.15) is 24.8 Å². The number of nitrogens with two attached hydrogens (primary N) is 1. The maximum atomic E-state index is 5.59. The Morgan fingerprint density at radius 1 is 1.33 bits per heavy atom. The van der Waals surface area contributed by atoms with E-state index >= 15 is 0 Å². The molecule has 0 radical (unpaired) electrons. The number of benzene rings is 1. The summed E-state index contributed by atoms with van der Waals surface area (Å²) in [4.78, 5) is 2.29. The average Bonchev–Trinajstić information content (AvgIpc) is 2.56. The molecular formula is C17H25N3O. The van der Waals surface area contributed by atoms with Gasteiger partial charge in [0.2, 0.25) is 0 Å². The molecular weight excluding hydrogens is 262 g/mol. The van der Waals surface area contributed by atoms with Gasteiger partial charge in [0, 0.05) is 25.4 Å². The molecule has 1 aliphatic rings. The number of hydrazone groups is 1. The highest BCUT2D eigenvalue weighted by Crippen LogP contribution is 2.24. The summed E-state index contributed by atoms with van der Waals surface area (Å²) in [5.41, 5.74) is 1.32. The van der Waals surface area contributed by atoms with E-state index < -0.39 is 0 Å². The molecule has 1 aromatic carbocycles. The van der Waals surface area contributed by atoms with Gasteiger partial charge in [0.1, 0.15) is 5.84 Å². The summed E-state index contributed by atoms with van der Waals surface area (Å²) in [6, 6.07) is 10.5. The van der Waals surface area contributed by atoms with E-state index in [4.69, 9.17) is 10.6 Å². The van der Waals surface area contributed by atoms with Gasteiger partial charge < -0.3 is 15.5 Å². The number of methoxy groups -OCH3 is 1. The van der Waals surface area contributed by atoms with Crippen LogP contribution in [0.4, 0.5) is 0 Å². The Balaban J connectivity index is 1.84. The zero-order valence-corrected chi connectivity index (χ0v) is 12.8. The number of aryl methyl sites for hydroxylation is 1. The van der Waals surface area contributed by atoms with Crippen molar-refractivity contribution in [2.75, 3.05) is 20.2 Å². The predicted molar refractivity (Wildman–Crippen MR) is 86.8 cm³/mol. The van der Waals surface area contributed by atoms with Gasteiger partial charge in [-0.25, -0.2) is 0 Å². The quantitative estimate of drug-likeness (QED) is 0.298. The lowest BCUT2D eigenvalue weighted by Gasteiger charge is -2.34. The van der Waals surface area contributed by atoms with E-state index in [0.29, 0.717) is 5.92 Å². The smallest absolute Gasteiger partial charge is 0.124 e. The van der Waals surface area contributed by atoms with Crippen molar-refractivity contribution in [3.8, 4) is 0 Å². The first-order chi connectivity index (χ1) is 10.2. The van der Waals surface area contributed by atoms with Crippen LogP contribution >= 0.6 is 0 Å². The van der Waals surface area contributed by atoms with Gasteiger partial charge in [-0.15, -0.1) is 0 Å². The molecule has 1 aromatic rings. The van der Waals surface area contributed by atoms with E-state index in [1.807, 2.05) is 6.07 Å². The third-order valence-electron chi connectivity index (χ3n) is 4.21. The molecule has 21 heavy (non-hydrogen) atoms.